The summed E-state index contributed by atoms with van der Waals surface area (Å²) < 4.78 is 18.5. The molecule has 1 fully saturated rings. The molecule has 0 unspecified atom stereocenters. The predicted molar refractivity (Wildman–Crippen MR) is 60.7 cm³/mol. The van der Waals surface area contributed by atoms with Crippen LogP contribution < -0.4 is 5.32 Å². The van der Waals surface area contributed by atoms with Crippen molar-refractivity contribution in [2.75, 3.05) is 0 Å². The highest BCUT2D eigenvalue weighted by Crippen LogP contribution is 2.22. The number of hydrogen-bond donors (Lipinski definition) is 1. The molecule has 3 heteroatoms. The Labute approximate surface area is 93.4 Å². The first-order valence-electron chi connectivity index (χ1n) is 5.72. The van der Waals surface area contributed by atoms with Gasteiger partial charge in [-0.2, -0.15) is 0 Å². The molecule has 0 radical (unpaired) electrons. The Balaban J connectivity index is 1.76. The van der Waals surface area contributed by atoms with E-state index in [0.29, 0.717) is 11.6 Å². The third-order valence-corrected chi connectivity index (χ3v) is 3.20. The fourth-order valence-corrected chi connectivity index (χ4v) is 2.00. The van der Waals surface area contributed by atoms with Crippen LogP contribution in [0.25, 0.3) is 11.0 Å². The summed E-state index contributed by atoms with van der Waals surface area (Å²) in [6.45, 7) is 0.737. The van der Waals surface area contributed by atoms with Crippen LogP contribution in [0.2, 0.25) is 0 Å². The Bertz CT molecular complexity index is 502. The lowest BCUT2D eigenvalue weighted by Crippen LogP contribution is -2.34. The van der Waals surface area contributed by atoms with Crippen LogP contribution in [0.4, 0.5) is 4.39 Å². The minimum Gasteiger partial charge on any atom is -0.460 e. The number of fused-ring (bicyclic) bond motifs is 1. The molecule has 0 aliphatic heterocycles. The molecule has 2 nitrogen and oxygen atoms in total. The lowest BCUT2D eigenvalue weighted by Gasteiger charge is -2.25. The summed E-state index contributed by atoms with van der Waals surface area (Å²) in [5.41, 5.74) is 0.630. The molecule has 1 N–H and O–H groups in total. The Kier molecular flexibility index (Phi) is 2.40. The van der Waals surface area contributed by atoms with Crippen molar-refractivity contribution >= 4 is 11.0 Å². The average Bonchev–Trinajstić information content (AvgIpc) is 2.57. The molecule has 1 heterocycles. The van der Waals surface area contributed by atoms with Crippen molar-refractivity contribution in [3.8, 4) is 0 Å². The SMILES string of the molecule is Fc1ccc2cc(CNC3CCC3)oc2c1. The van der Waals surface area contributed by atoms with Crippen molar-refractivity contribution in [1.29, 1.82) is 0 Å². The largest absolute Gasteiger partial charge is 0.460 e. The van der Waals surface area contributed by atoms with Crippen molar-refractivity contribution in [3.05, 3.63) is 35.8 Å². The van der Waals surface area contributed by atoms with Crippen LogP contribution in [0.15, 0.2) is 28.7 Å². The van der Waals surface area contributed by atoms with Crippen molar-refractivity contribution < 1.29 is 8.81 Å². The van der Waals surface area contributed by atoms with Crippen molar-refractivity contribution in [3.63, 3.8) is 0 Å². The second-order valence-corrected chi connectivity index (χ2v) is 4.40. The maximum Gasteiger partial charge on any atom is 0.137 e. The third-order valence-electron chi connectivity index (χ3n) is 3.20. The summed E-state index contributed by atoms with van der Waals surface area (Å²) in [6, 6.07) is 7.26. The van der Waals surface area contributed by atoms with Gasteiger partial charge < -0.3 is 9.73 Å². The van der Waals surface area contributed by atoms with Crippen LogP contribution >= 0.6 is 0 Å². The van der Waals surface area contributed by atoms with E-state index in [2.05, 4.69) is 5.32 Å². The van der Waals surface area contributed by atoms with Crippen LogP contribution in [0, 0.1) is 5.82 Å². The molecule has 1 aliphatic rings. The van der Waals surface area contributed by atoms with Gasteiger partial charge in [-0.25, -0.2) is 4.39 Å². The molecule has 16 heavy (non-hydrogen) atoms. The smallest absolute Gasteiger partial charge is 0.137 e. The van der Waals surface area contributed by atoms with Gasteiger partial charge in [0.15, 0.2) is 0 Å². The van der Waals surface area contributed by atoms with Gasteiger partial charge in [0.2, 0.25) is 0 Å². The molecule has 1 saturated carbocycles. The zero-order valence-electron chi connectivity index (χ0n) is 9.00. The van der Waals surface area contributed by atoms with Crippen molar-refractivity contribution in [2.45, 2.75) is 31.8 Å². The van der Waals surface area contributed by atoms with E-state index >= 15 is 0 Å². The molecular weight excluding hydrogens is 205 g/mol. The van der Waals surface area contributed by atoms with Crippen LogP contribution in [-0.2, 0) is 6.54 Å². The van der Waals surface area contributed by atoms with Crippen molar-refractivity contribution in [1.82, 2.24) is 5.32 Å². The molecule has 0 spiro atoms. The predicted octanol–water partition coefficient (Wildman–Crippen LogP) is 3.21. The number of rotatable bonds is 3. The highest BCUT2D eigenvalue weighted by Gasteiger charge is 2.16. The topological polar surface area (TPSA) is 25.2 Å². The number of furan rings is 1. The van der Waals surface area contributed by atoms with E-state index in [9.17, 15) is 4.39 Å². The van der Waals surface area contributed by atoms with E-state index < -0.39 is 0 Å². The van der Waals surface area contributed by atoms with Crippen LogP contribution in [-0.4, -0.2) is 6.04 Å². The zero-order chi connectivity index (χ0) is 11.0. The molecule has 3 rings (SSSR count). The highest BCUT2D eigenvalue weighted by atomic mass is 19.1. The monoisotopic (exact) mass is 219 g/mol. The molecule has 0 atom stereocenters. The molecule has 1 aromatic carbocycles. The fourth-order valence-electron chi connectivity index (χ4n) is 2.00. The summed E-state index contributed by atoms with van der Waals surface area (Å²) in [4.78, 5) is 0. The van der Waals surface area contributed by atoms with Gasteiger partial charge in [-0.1, -0.05) is 6.42 Å². The lowest BCUT2D eigenvalue weighted by atomic mass is 9.93. The number of benzene rings is 1. The Hall–Kier alpha value is -1.35. The first-order chi connectivity index (χ1) is 7.81. The molecular formula is C13H14FNO. The van der Waals surface area contributed by atoms with Gasteiger partial charge in [-0.05, 0) is 31.0 Å². The molecule has 0 bridgehead atoms. The summed E-state index contributed by atoms with van der Waals surface area (Å²) in [5.74, 6) is 0.632. The van der Waals surface area contributed by atoms with Gasteiger partial charge in [0.1, 0.15) is 17.2 Å². The van der Waals surface area contributed by atoms with E-state index in [4.69, 9.17) is 4.42 Å². The molecule has 84 valence electrons. The zero-order valence-corrected chi connectivity index (χ0v) is 9.00. The number of nitrogens with one attached hydrogen (secondary N) is 1. The normalized spacial score (nSPS) is 16.6. The first-order valence-corrected chi connectivity index (χ1v) is 5.72. The number of halogens is 1. The Morgan fingerprint density at radius 2 is 2.19 bits per heavy atom. The minimum absolute atomic E-state index is 0.250. The van der Waals surface area contributed by atoms with Crippen LogP contribution in [0.1, 0.15) is 25.0 Å². The summed E-state index contributed by atoms with van der Waals surface area (Å²) in [7, 11) is 0. The van der Waals surface area contributed by atoms with E-state index in [1.54, 1.807) is 6.07 Å². The maximum absolute atomic E-state index is 12.9. The van der Waals surface area contributed by atoms with E-state index in [1.165, 1.54) is 31.4 Å². The lowest BCUT2D eigenvalue weighted by molar-refractivity contribution is 0.327. The quantitative estimate of drug-likeness (QED) is 0.857. The van der Waals surface area contributed by atoms with Gasteiger partial charge in [-0.3, -0.25) is 0 Å². The maximum atomic E-state index is 12.9. The third kappa shape index (κ3) is 1.83. The van der Waals surface area contributed by atoms with E-state index in [1.807, 2.05) is 6.07 Å². The van der Waals surface area contributed by atoms with Crippen molar-refractivity contribution in [2.24, 2.45) is 0 Å². The van der Waals surface area contributed by atoms with E-state index in [-0.39, 0.29) is 5.82 Å². The Morgan fingerprint density at radius 3 is 2.94 bits per heavy atom. The van der Waals surface area contributed by atoms with Gasteiger partial charge in [0.05, 0.1) is 6.54 Å². The summed E-state index contributed by atoms with van der Waals surface area (Å²) >= 11 is 0. The number of hydrogen-bond acceptors (Lipinski definition) is 2. The molecule has 2 aromatic rings. The molecule has 0 amide bonds. The standard InChI is InChI=1S/C13H14FNO/c14-10-5-4-9-6-12(16-13(9)7-10)8-15-11-2-1-3-11/h4-7,11,15H,1-3,8H2. The second kappa shape index (κ2) is 3.91. The summed E-state index contributed by atoms with van der Waals surface area (Å²) in [5, 5.41) is 4.39. The van der Waals surface area contributed by atoms with Crippen LogP contribution in [0.3, 0.4) is 0 Å². The second-order valence-electron chi connectivity index (χ2n) is 4.40. The van der Waals surface area contributed by atoms with E-state index in [0.717, 1.165) is 17.7 Å². The minimum atomic E-state index is -0.250. The van der Waals surface area contributed by atoms with Gasteiger partial charge in [0.25, 0.3) is 0 Å². The highest BCUT2D eigenvalue weighted by molar-refractivity contribution is 5.77. The summed E-state index contributed by atoms with van der Waals surface area (Å²) in [6.07, 6.45) is 3.84. The molecule has 1 aliphatic carbocycles. The Morgan fingerprint density at radius 1 is 1.31 bits per heavy atom. The van der Waals surface area contributed by atoms with Gasteiger partial charge in [-0.15, -0.1) is 0 Å². The fraction of sp³-hybridized carbons (Fsp3) is 0.385. The molecule has 1 aromatic heterocycles. The van der Waals surface area contributed by atoms with Gasteiger partial charge >= 0.3 is 0 Å². The first kappa shape index (κ1) is 9.85. The van der Waals surface area contributed by atoms with Gasteiger partial charge in [0, 0.05) is 17.5 Å². The average molecular weight is 219 g/mol. The van der Waals surface area contributed by atoms with Crippen LogP contribution in [0.5, 0.6) is 0 Å². The molecule has 0 saturated heterocycles.